The van der Waals surface area contributed by atoms with E-state index >= 15 is 0 Å². The van der Waals surface area contributed by atoms with E-state index in [-0.39, 0.29) is 5.78 Å². The zero-order valence-electron chi connectivity index (χ0n) is 13.9. The van der Waals surface area contributed by atoms with E-state index in [0.717, 1.165) is 40.9 Å². The lowest BCUT2D eigenvalue weighted by Gasteiger charge is -2.13. The summed E-state index contributed by atoms with van der Waals surface area (Å²) in [5.41, 5.74) is 3.28. The monoisotopic (exact) mass is 333 g/mol. The van der Waals surface area contributed by atoms with Gasteiger partial charge in [0.2, 0.25) is 0 Å². The summed E-state index contributed by atoms with van der Waals surface area (Å²) in [7, 11) is 0. The van der Waals surface area contributed by atoms with Crippen LogP contribution in [0.5, 0.6) is 0 Å². The third-order valence-corrected chi connectivity index (χ3v) is 4.46. The van der Waals surface area contributed by atoms with Gasteiger partial charge in [-0.25, -0.2) is 0 Å². The maximum absolute atomic E-state index is 12.3. The molecule has 0 aliphatic carbocycles. The van der Waals surface area contributed by atoms with Crippen molar-refractivity contribution in [1.29, 1.82) is 0 Å². The Labute approximate surface area is 146 Å². The van der Waals surface area contributed by atoms with Gasteiger partial charge in [-0.2, -0.15) is 0 Å². The fraction of sp³-hybridized carbons (Fsp3) is 0.316. The molecule has 3 aromatic rings. The highest BCUT2D eigenvalue weighted by Gasteiger charge is 2.16. The van der Waals surface area contributed by atoms with Gasteiger partial charge < -0.3 is 0 Å². The molecule has 0 amide bonds. The van der Waals surface area contributed by atoms with Crippen LogP contribution in [0.2, 0.25) is 0 Å². The van der Waals surface area contributed by atoms with Crippen molar-refractivity contribution in [3.63, 3.8) is 0 Å². The van der Waals surface area contributed by atoms with Crippen molar-refractivity contribution in [2.24, 2.45) is 0 Å². The van der Waals surface area contributed by atoms with E-state index < -0.39 is 0 Å². The first-order valence-corrected chi connectivity index (χ1v) is 8.53. The number of Topliss-reactive ketones (excluding diaryl/α,β-unsaturated/α-hetero) is 1. The van der Waals surface area contributed by atoms with E-state index in [1.54, 1.807) is 31.0 Å². The summed E-state index contributed by atoms with van der Waals surface area (Å²) in [6.45, 7) is 2.59. The minimum absolute atomic E-state index is 0.215. The molecular formula is C19H19N5O. The molecule has 1 aliphatic heterocycles. The summed E-state index contributed by atoms with van der Waals surface area (Å²) in [6.07, 6.45) is 11.3. The third-order valence-electron chi connectivity index (χ3n) is 4.46. The second kappa shape index (κ2) is 7.03. The van der Waals surface area contributed by atoms with Crippen LogP contribution < -0.4 is 0 Å². The number of carbonyl (C=O) groups excluding carboxylic acids is 1. The van der Waals surface area contributed by atoms with E-state index in [4.69, 9.17) is 0 Å². The molecule has 6 nitrogen and oxygen atoms in total. The SMILES string of the molecule is O=C(Cc1cc2cc(-c3cnccn3)cnc2cn1)CN1CCCC1. The number of nitrogens with zero attached hydrogens (tertiary/aromatic N) is 5. The molecule has 0 aromatic carbocycles. The molecule has 0 radical (unpaired) electrons. The number of likely N-dealkylation sites (tertiary alicyclic amines) is 1. The minimum Gasteiger partial charge on any atom is -0.298 e. The van der Waals surface area contributed by atoms with Gasteiger partial charge in [0, 0.05) is 35.2 Å². The van der Waals surface area contributed by atoms with Crippen molar-refractivity contribution < 1.29 is 4.79 Å². The molecule has 0 unspecified atom stereocenters. The molecule has 0 N–H and O–H groups in total. The Morgan fingerprint density at radius 3 is 2.68 bits per heavy atom. The summed E-state index contributed by atoms with van der Waals surface area (Å²) in [5.74, 6) is 0.215. The van der Waals surface area contributed by atoms with Gasteiger partial charge in [-0.15, -0.1) is 0 Å². The molecule has 0 bridgehead atoms. The van der Waals surface area contributed by atoms with Gasteiger partial charge in [-0.05, 0) is 38.1 Å². The molecule has 3 aromatic heterocycles. The number of rotatable bonds is 5. The van der Waals surface area contributed by atoms with Crippen LogP contribution in [-0.4, -0.2) is 50.3 Å². The Bertz CT molecular complexity index is 891. The molecule has 0 saturated carbocycles. The summed E-state index contributed by atoms with van der Waals surface area (Å²) in [4.78, 5) is 31.7. The normalized spacial score (nSPS) is 14.9. The molecule has 0 atom stereocenters. The Hall–Kier alpha value is -2.73. The van der Waals surface area contributed by atoms with Gasteiger partial charge in [-0.1, -0.05) is 0 Å². The van der Waals surface area contributed by atoms with Crippen molar-refractivity contribution in [3.05, 3.63) is 48.8 Å². The highest BCUT2D eigenvalue weighted by molar-refractivity contribution is 5.85. The predicted molar refractivity (Wildman–Crippen MR) is 94.9 cm³/mol. The topological polar surface area (TPSA) is 71.9 Å². The van der Waals surface area contributed by atoms with Crippen molar-refractivity contribution >= 4 is 16.7 Å². The highest BCUT2D eigenvalue weighted by Crippen LogP contribution is 2.20. The number of aromatic nitrogens is 4. The largest absolute Gasteiger partial charge is 0.298 e. The van der Waals surface area contributed by atoms with E-state index in [1.165, 1.54) is 12.8 Å². The zero-order valence-corrected chi connectivity index (χ0v) is 13.9. The van der Waals surface area contributed by atoms with Crippen LogP contribution in [0.15, 0.2) is 43.1 Å². The fourth-order valence-corrected chi connectivity index (χ4v) is 3.21. The standard InChI is InChI=1S/C19H19N5O/c25-17(13-24-5-1-2-6-24)9-16-8-14-7-15(10-23-19(14)12-22-16)18-11-20-3-4-21-18/h3-4,7-8,10-12H,1-2,5-6,9,13H2. The van der Waals surface area contributed by atoms with Crippen LogP contribution in [0.4, 0.5) is 0 Å². The number of carbonyl (C=O) groups is 1. The molecule has 4 heterocycles. The molecule has 6 heteroatoms. The fourth-order valence-electron chi connectivity index (χ4n) is 3.21. The molecule has 4 rings (SSSR count). The maximum atomic E-state index is 12.3. The average Bonchev–Trinajstić information content (AvgIpc) is 3.14. The molecule has 126 valence electrons. The first kappa shape index (κ1) is 15.8. The van der Waals surface area contributed by atoms with E-state index in [0.29, 0.717) is 13.0 Å². The average molecular weight is 333 g/mol. The Morgan fingerprint density at radius 1 is 1.00 bits per heavy atom. The molecule has 1 saturated heterocycles. The van der Waals surface area contributed by atoms with E-state index in [2.05, 4.69) is 24.8 Å². The highest BCUT2D eigenvalue weighted by atomic mass is 16.1. The zero-order chi connectivity index (χ0) is 17.1. The number of pyridine rings is 2. The van der Waals surface area contributed by atoms with Gasteiger partial charge >= 0.3 is 0 Å². The van der Waals surface area contributed by atoms with Gasteiger partial charge in [0.05, 0.1) is 36.6 Å². The quantitative estimate of drug-likeness (QED) is 0.713. The van der Waals surface area contributed by atoms with Gasteiger partial charge in [0.1, 0.15) is 0 Å². The van der Waals surface area contributed by atoms with Crippen LogP contribution >= 0.6 is 0 Å². The van der Waals surface area contributed by atoms with Crippen molar-refractivity contribution in [1.82, 2.24) is 24.8 Å². The van der Waals surface area contributed by atoms with Crippen LogP contribution in [0.25, 0.3) is 22.2 Å². The summed E-state index contributed by atoms with van der Waals surface area (Å²) >= 11 is 0. The summed E-state index contributed by atoms with van der Waals surface area (Å²) in [5, 5.41) is 0.960. The first-order valence-electron chi connectivity index (χ1n) is 8.53. The number of hydrogen-bond acceptors (Lipinski definition) is 6. The summed E-state index contributed by atoms with van der Waals surface area (Å²) < 4.78 is 0. The minimum atomic E-state index is 0.215. The van der Waals surface area contributed by atoms with Gasteiger partial charge in [-0.3, -0.25) is 29.6 Å². The van der Waals surface area contributed by atoms with Crippen molar-refractivity contribution in [2.75, 3.05) is 19.6 Å². The van der Waals surface area contributed by atoms with Crippen molar-refractivity contribution in [2.45, 2.75) is 19.3 Å². The first-order chi connectivity index (χ1) is 12.3. The molecule has 25 heavy (non-hydrogen) atoms. The lowest BCUT2D eigenvalue weighted by atomic mass is 10.1. The second-order valence-electron chi connectivity index (χ2n) is 6.38. The number of fused-ring (bicyclic) bond motifs is 1. The third kappa shape index (κ3) is 3.69. The molecule has 1 aliphatic rings. The Kier molecular flexibility index (Phi) is 4.43. The smallest absolute Gasteiger partial charge is 0.152 e. The van der Waals surface area contributed by atoms with Crippen LogP contribution in [-0.2, 0) is 11.2 Å². The summed E-state index contributed by atoms with van der Waals surface area (Å²) in [6, 6.07) is 3.96. The number of ketones is 1. The van der Waals surface area contributed by atoms with Crippen molar-refractivity contribution in [3.8, 4) is 11.3 Å². The molecule has 0 spiro atoms. The van der Waals surface area contributed by atoms with Crippen LogP contribution in [0.3, 0.4) is 0 Å². The van der Waals surface area contributed by atoms with E-state index in [9.17, 15) is 4.79 Å². The van der Waals surface area contributed by atoms with Gasteiger partial charge in [0.15, 0.2) is 5.78 Å². The number of hydrogen-bond donors (Lipinski definition) is 0. The van der Waals surface area contributed by atoms with Crippen LogP contribution in [0.1, 0.15) is 18.5 Å². The second-order valence-corrected chi connectivity index (χ2v) is 6.38. The molecule has 1 fully saturated rings. The predicted octanol–water partition coefficient (Wildman–Crippen LogP) is 2.29. The lowest BCUT2D eigenvalue weighted by Crippen LogP contribution is -2.27. The maximum Gasteiger partial charge on any atom is 0.152 e. The Morgan fingerprint density at radius 2 is 1.88 bits per heavy atom. The lowest BCUT2D eigenvalue weighted by molar-refractivity contribution is -0.119. The van der Waals surface area contributed by atoms with E-state index in [1.807, 2.05) is 12.1 Å². The van der Waals surface area contributed by atoms with Crippen LogP contribution in [0, 0.1) is 0 Å². The Balaban J connectivity index is 1.55. The van der Waals surface area contributed by atoms with Gasteiger partial charge in [0.25, 0.3) is 0 Å². The molecular weight excluding hydrogens is 314 g/mol.